The molecule has 0 spiro atoms. The van der Waals surface area contributed by atoms with Crippen LogP contribution in [0.15, 0.2) is 12.3 Å². The highest BCUT2D eigenvalue weighted by molar-refractivity contribution is 5.89. The first-order valence-corrected chi connectivity index (χ1v) is 4.70. The molecule has 0 aliphatic carbocycles. The lowest BCUT2D eigenvalue weighted by Crippen LogP contribution is -2.31. The Morgan fingerprint density at radius 1 is 1.61 bits per heavy atom. The summed E-state index contributed by atoms with van der Waals surface area (Å²) in [5.74, 6) is -2.13. The lowest BCUT2D eigenvalue weighted by molar-refractivity contribution is -0.384. The van der Waals surface area contributed by atoms with Crippen LogP contribution in [0.2, 0.25) is 0 Å². The van der Waals surface area contributed by atoms with E-state index in [0.717, 1.165) is 12.3 Å². The first-order chi connectivity index (χ1) is 8.32. The van der Waals surface area contributed by atoms with Crippen molar-refractivity contribution >= 4 is 23.4 Å². The highest BCUT2D eigenvalue weighted by Gasteiger charge is 2.22. The molecule has 0 saturated heterocycles. The number of amides is 1. The molecule has 0 fully saturated rings. The molecule has 1 heterocycles. The van der Waals surface area contributed by atoms with Crippen LogP contribution in [0.5, 0.6) is 0 Å². The van der Waals surface area contributed by atoms with Gasteiger partial charge in [-0.1, -0.05) is 0 Å². The van der Waals surface area contributed by atoms with E-state index in [1.165, 1.54) is 11.9 Å². The van der Waals surface area contributed by atoms with Crippen LogP contribution in [-0.4, -0.2) is 40.5 Å². The Morgan fingerprint density at radius 2 is 2.22 bits per heavy atom. The van der Waals surface area contributed by atoms with Gasteiger partial charge in [-0.05, 0) is 0 Å². The number of nitro groups is 1. The first kappa shape index (κ1) is 13.4. The second-order valence-electron chi connectivity index (χ2n) is 3.45. The molecule has 0 aromatic carbocycles. The average molecular weight is 254 g/mol. The Balaban J connectivity index is 3.23. The Bertz CT molecular complexity index is 516. The third-order valence-corrected chi connectivity index (χ3v) is 2.05. The van der Waals surface area contributed by atoms with Crippen LogP contribution in [-0.2, 0) is 4.79 Å². The molecule has 9 nitrogen and oxygen atoms in total. The number of rotatable bonds is 5. The Labute approximate surface area is 101 Å². The zero-order valence-corrected chi connectivity index (χ0v) is 9.36. The number of carbonyl (C=O) groups excluding carboxylic acids is 1. The van der Waals surface area contributed by atoms with Crippen molar-refractivity contribution in [1.82, 2.24) is 4.98 Å². The highest BCUT2D eigenvalue weighted by Crippen LogP contribution is 2.25. The minimum Gasteiger partial charge on any atom is -0.478 e. The molecule has 0 aliphatic rings. The predicted octanol–water partition coefficient (Wildman–Crippen LogP) is -0.391. The molecule has 0 atom stereocenters. The van der Waals surface area contributed by atoms with Crippen LogP contribution in [0.4, 0.5) is 11.5 Å². The minimum atomic E-state index is -1.32. The van der Waals surface area contributed by atoms with E-state index >= 15 is 0 Å². The third-order valence-electron chi connectivity index (χ3n) is 2.05. The third kappa shape index (κ3) is 2.90. The number of carboxylic acid groups (broad SMARTS) is 1. The molecule has 1 rings (SSSR count). The smallest absolute Gasteiger partial charge is 0.337 e. The Kier molecular flexibility index (Phi) is 3.77. The number of carbonyl (C=O) groups is 2. The molecule has 96 valence electrons. The summed E-state index contributed by atoms with van der Waals surface area (Å²) in [6.45, 7) is -0.264. The topological polar surface area (TPSA) is 140 Å². The van der Waals surface area contributed by atoms with Crippen LogP contribution in [0.3, 0.4) is 0 Å². The number of hydrogen-bond donors (Lipinski definition) is 2. The van der Waals surface area contributed by atoms with Crippen molar-refractivity contribution in [3.63, 3.8) is 0 Å². The molecule has 1 aromatic rings. The number of hydrogen-bond acceptors (Lipinski definition) is 6. The highest BCUT2D eigenvalue weighted by atomic mass is 16.6. The molecule has 0 saturated carbocycles. The number of nitrogens with zero attached hydrogens (tertiary/aromatic N) is 3. The number of likely N-dealkylation sites (N-methyl/N-ethyl adjacent to an activating group) is 1. The molecule has 0 aliphatic heterocycles. The number of pyridine rings is 1. The zero-order chi connectivity index (χ0) is 13.9. The van der Waals surface area contributed by atoms with Gasteiger partial charge in [0.15, 0.2) is 0 Å². The van der Waals surface area contributed by atoms with Crippen LogP contribution in [0.1, 0.15) is 10.4 Å². The van der Waals surface area contributed by atoms with E-state index in [2.05, 4.69) is 4.98 Å². The zero-order valence-electron chi connectivity index (χ0n) is 9.36. The summed E-state index contributed by atoms with van der Waals surface area (Å²) >= 11 is 0. The van der Waals surface area contributed by atoms with Crippen LogP contribution >= 0.6 is 0 Å². The standard InChI is InChI=1S/C9H10N4O5/c1-12(4-7(10)14)8-6(13(17)18)2-5(3-11-8)9(15)16/h2-3H,4H2,1H3,(H2,10,14)(H,15,16). The molecule has 0 unspecified atom stereocenters. The SMILES string of the molecule is CN(CC(N)=O)c1ncc(C(=O)O)cc1[N+](=O)[O-]. The van der Waals surface area contributed by atoms with Crippen molar-refractivity contribution in [3.05, 3.63) is 27.9 Å². The van der Waals surface area contributed by atoms with E-state index < -0.39 is 22.5 Å². The Hall–Kier alpha value is -2.71. The Morgan fingerprint density at radius 3 is 2.67 bits per heavy atom. The van der Waals surface area contributed by atoms with Gasteiger partial charge in [0.2, 0.25) is 11.7 Å². The number of aromatic carboxylic acids is 1. The predicted molar refractivity (Wildman–Crippen MR) is 60.3 cm³/mol. The van der Waals surface area contributed by atoms with Gasteiger partial charge in [0.05, 0.1) is 17.0 Å². The molecule has 1 aromatic heterocycles. The quantitative estimate of drug-likeness (QED) is 0.538. The number of carboxylic acids is 1. The summed E-state index contributed by atoms with van der Waals surface area (Å²) in [6.07, 6.45) is 0.974. The minimum absolute atomic E-state index is 0.121. The van der Waals surface area contributed by atoms with Gasteiger partial charge in [-0.3, -0.25) is 14.9 Å². The van der Waals surface area contributed by atoms with Gasteiger partial charge in [0.25, 0.3) is 0 Å². The van der Waals surface area contributed by atoms with E-state index in [1.807, 2.05) is 0 Å². The maximum atomic E-state index is 10.8. The second kappa shape index (κ2) is 5.08. The monoisotopic (exact) mass is 254 g/mol. The molecule has 0 bridgehead atoms. The fourth-order valence-electron chi connectivity index (χ4n) is 1.30. The van der Waals surface area contributed by atoms with Gasteiger partial charge >= 0.3 is 11.7 Å². The number of primary amides is 1. The average Bonchev–Trinajstić information content (AvgIpc) is 2.26. The molecule has 1 amide bonds. The van der Waals surface area contributed by atoms with E-state index in [4.69, 9.17) is 10.8 Å². The maximum Gasteiger partial charge on any atom is 0.337 e. The van der Waals surface area contributed by atoms with Gasteiger partial charge < -0.3 is 15.7 Å². The number of anilines is 1. The summed E-state index contributed by atoms with van der Waals surface area (Å²) in [5.41, 5.74) is 4.15. The molecule has 18 heavy (non-hydrogen) atoms. The van der Waals surface area contributed by atoms with Crippen molar-refractivity contribution in [2.45, 2.75) is 0 Å². The second-order valence-corrected chi connectivity index (χ2v) is 3.45. The summed E-state index contributed by atoms with van der Waals surface area (Å²) < 4.78 is 0. The molecule has 3 N–H and O–H groups in total. The fraction of sp³-hybridized carbons (Fsp3) is 0.222. The van der Waals surface area contributed by atoms with Crippen LogP contribution in [0, 0.1) is 10.1 Å². The van der Waals surface area contributed by atoms with Crippen molar-refractivity contribution in [2.75, 3.05) is 18.5 Å². The maximum absolute atomic E-state index is 10.8. The first-order valence-electron chi connectivity index (χ1n) is 4.70. The van der Waals surface area contributed by atoms with Crippen molar-refractivity contribution < 1.29 is 19.6 Å². The fourth-order valence-corrected chi connectivity index (χ4v) is 1.30. The number of nitrogens with two attached hydrogens (primary N) is 1. The van der Waals surface area contributed by atoms with Gasteiger partial charge in [-0.15, -0.1) is 0 Å². The van der Waals surface area contributed by atoms with Gasteiger partial charge in [0.1, 0.15) is 0 Å². The largest absolute Gasteiger partial charge is 0.478 e. The molecular formula is C9H10N4O5. The van der Waals surface area contributed by atoms with E-state index in [-0.39, 0.29) is 17.9 Å². The van der Waals surface area contributed by atoms with Crippen LogP contribution < -0.4 is 10.6 Å². The molecular weight excluding hydrogens is 244 g/mol. The summed E-state index contributed by atoms with van der Waals surface area (Å²) in [7, 11) is 1.39. The van der Waals surface area contributed by atoms with Gasteiger partial charge in [-0.25, -0.2) is 9.78 Å². The van der Waals surface area contributed by atoms with Crippen molar-refractivity contribution in [3.8, 4) is 0 Å². The van der Waals surface area contributed by atoms with Gasteiger partial charge in [-0.2, -0.15) is 0 Å². The summed E-state index contributed by atoms with van der Waals surface area (Å²) in [6, 6.07) is 0.877. The van der Waals surface area contributed by atoms with E-state index in [0.29, 0.717) is 0 Å². The number of aromatic nitrogens is 1. The van der Waals surface area contributed by atoms with Crippen LogP contribution in [0.25, 0.3) is 0 Å². The van der Waals surface area contributed by atoms with Crippen molar-refractivity contribution in [2.24, 2.45) is 5.73 Å². The summed E-state index contributed by atoms with van der Waals surface area (Å²) in [4.78, 5) is 36.3. The normalized spacial score (nSPS) is 9.83. The lowest BCUT2D eigenvalue weighted by atomic mass is 10.2. The lowest BCUT2D eigenvalue weighted by Gasteiger charge is -2.15. The van der Waals surface area contributed by atoms with Gasteiger partial charge in [0, 0.05) is 19.3 Å². The van der Waals surface area contributed by atoms with E-state index in [1.54, 1.807) is 0 Å². The molecule has 0 radical (unpaired) electrons. The molecule has 9 heteroatoms. The summed E-state index contributed by atoms with van der Waals surface area (Å²) in [5, 5.41) is 19.5. The van der Waals surface area contributed by atoms with Crippen molar-refractivity contribution in [1.29, 1.82) is 0 Å². The van der Waals surface area contributed by atoms with E-state index in [9.17, 15) is 19.7 Å².